The van der Waals surface area contributed by atoms with Gasteiger partial charge in [-0.25, -0.2) is 8.78 Å². The molecule has 1 N–H and O–H groups in total. The van der Waals surface area contributed by atoms with E-state index in [1.54, 1.807) is 31.1 Å². The van der Waals surface area contributed by atoms with Gasteiger partial charge in [0, 0.05) is 7.05 Å². The average Bonchev–Trinajstić information content (AvgIpc) is 2.84. The maximum Gasteiger partial charge on any atom is 0.162 e. The van der Waals surface area contributed by atoms with Crippen LogP contribution >= 0.6 is 0 Å². The Hall–Kier alpha value is -1.95. The summed E-state index contributed by atoms with van der Waals surface area (Å²) in [6, 6.07) is 4.00. The molecule has 1 heterocycles. The molecular formula is C15H19F2N3O. The number of ether oxygens (including phenoxy) is 1. The molecule has 2 rings (SSSR count). The first-order valence-electron chi connectivity index (χ1n) is 6.80. The normalized spacial score (nSPS) is 12.4. The summed E-state index contributed by atoms with van der Waals surface area (Å²) in [5.74, 6) is -1.01. The summed E-state index contributed by atoms with van der Waals surface area (Å²) in [4.78, 5) is 0. The van der Waals surface area contributed by atoms with Crippen molar-refractivity contribution in [2.24, 2.45) is 7.05 Å². The maximum absolute atomic E-state index is 13.9. The molecule has 0 radical (unpaired) electrons. The van der Waals surface area contributed by atoms with Crippen LogP contribution in [0.2, 0.25) is 0 Å². The molecule has 0 aliphatic heterocycles. The second-order valence-electron chi connectivity index (χ2n) is 4.75. The molecule has 0 spiro atoms. The predicted molar refractivity (Wildman–Crippen MR) is 76.2 cm³/mol. The fourth-order valence-electron chi connectivity index (χ4n) is 2.42. The minimum atomic E-state index is -0.834. The van der Waals surface area contributed by atoms with Gasteiger partial charge in [0.05, 0.1) is 25.0 Å². The molecule has 0 aliphatic carbocycles. The molecule has 1 unspecified atom stereocenters. The number of aromatic nitrogens is 2. The summed E-state index contributed by atoms with van der Waals surface area (Å²) in [6.07, 6.45) is 1.93. The minimum Gasteiger partial charge on any atom is -0.493 e. The van der Waals surface area contributed by atoms with Crippen molar-refractivity contribution in [3.05, 3.63) is 47.3 Å². The van der Waals surface area contributed by atoms with Crippen molar-refractivity contribution in [2.45, 2.75) is 19.4 Å². The number of likely N-dealkylation sites (N-methyl/N-ethyl adjacent to an activating group) is 1. The zero-order valence-corrected chi connectivity index (χ0v) is 12.4. The number of rotatable bonds is 6. The molecule has 0 saturated heterocycles. The summed E-state index contributed by atoms with van der Waals surface area (Å²) in [6.45, 7) is 2.65. The SMILES string of the molecule is CCNC(Cc1cccc(F)c1F)c1c(OC)cnn1C. The third kappa shape index (κ3) is 3.21. The fraction of sp³-hybridized carbons (Fsp3) is 0.400. The van der Waals surface area contributed by atoms with Gasteiger partial charge >= 0.3 is 0 Å². The van der Waals surface area contributed by atoms with Crippen LogP contribution in [0.4, 0.5) is 8.78 Å². The molecule has 0 fully saturated rings. The molecule has 21 heavy (non-hydrogen) atoms. The quantitative estimate of drug-likeness (QED) is 0.890. The lowest BCUT2D eigenvalue weighted by molar-refractivity contribution is 0.392. The molecular weight excluding hydrogens is 276 g/mol. The lowest BCUT2D eigenvalue weighted by atomic mass is 10.0. The fourth-order valence-corrected chi connectivity index (χ4v) is 2.42. The first kappa shape index (κ1) is 15.4. The van der Waals surface area contributed by atoms with Crippen LogP contribution in [0, 0.1) is 11.6 Å². The summed E-state index contributed by atoms with van der Waals surface area (Å²) in [5.41, 5.74) is 1.13. The van der Waals surface area contributed by atoms with E-state index in [1.807, 2.05) is 6.92 Å². The van der Waals surface area contributed by atoms with Crippen LogP contribution in [0.25, 0.3) is 0 Å². The van der Waals surface area contributed by atoms with Crippen LogP contribution in [0.1, 0.15) is 24.2 Å². The maximum atomic E-state index is 13.9. The zero-order chi connectivity index (χ0) is 15.4. The van der Waals surface area contributed by atoms with Gasteiger partial charge in [-0.15, -0.1) is 0 Å². The summed E-state index contributed by atoms with van der Waals surface area (Å²) >= 11 is 0. The monoisotopic (exact) mass is 295 g/mol. The van der Waals surface area contributed by atoms with Gasteiger partial charge in [0.2, 0.25) is 0 Å². The number of hydrogen-bond acceptors (Lipinski definition) is 3. The van der Waals surface area contributed by atoms with Gasteiger partial charge in [0.1, 0.15) is 0 Å². The lowest BCUT2D eigenvalue weighted by Gasteiger charge is -2.20. The Labute approximate surface area is 122 Å². The number of halogens is 2. The molecule has 1 aromatic carbocycles. The highest BCUT2D eigenvalue weighted by Crippen LogP contribution is 2.28. The minimum absolute atomic E-state index is 0.214. The van der Waals surface area contributed by atoms with E-state index >= 15 is 0 Å². The summed E-state index contributed by atoms with van der Waals surface area (Å²) in [5, 5.41) is 7.42. The van der Waals surface area contributed by atoms with Gasteiger partial charge in [-0.05, 0) is 24.6 Å². The number of methoxy groups -OCH3 is 1. The van der Waals surface area contributed by atoms with E-state index in [-0.39, 0.29) is 6.04 Å². The van der Waals surface area contributed by atoms with Crippen LogP contribution in [0.5, 0.6) is 5.75 Å². The first-order valence-corrected chi connectivity index (χ1v) is 6.80. The molecule has 1 atom stereocenters. The van der Waals surface area contributed by atoms with Gasteiger partial charge in [0.15, 0.2) is 17.4 Å². The van der Waals surface area contributed by atoms with Crippen molar-refractivity contribution in [1.29, 1.82) is 0 Å². The second kappa shape index (κ2) is 6.67. The van der Waals surface area contributed by atoms with Crippen molar-refractivity contribution in [3.8, 4) is 5.75 Å². The van der Waals surface area contributed by atoms with Gasteiger partial charge in [0.25, 0.3) is 0 Å². The van der Waals surface area contributed by atoms with Crippen molar-refractivity contribution < 1.29 is 13.5 Å². The van der Waals surface area contributed by atoms with Crippen LogP contribution in [-0.2, 0) is 13.5 Å². The molecule has 0 aliphatic rings. The molecule has 4 nitrogen and oxygen atoms in total. The molecule has 0 saturated carbocycles. The Balaban J connectivity index is 2.35. The van der Waals surface area contributed by atoms with E-state index in [2.05, 4.69) is 10.4 Å². The Morgan fingerprint density at radius 1 is 1.38 bits per heavy atom. The van der Waals surface area contributed by atoms with E-state index in [0.717, 1.165) is 11.8 Å². The highest BCUT2D eigenvalue weighted by molar-refractivity contribution is 5.30. The van der Waals surface area contributed by atoms with Crippen molar-refractivity contribution in [3.63, 3.8) is 0 Å². The van der Waals surface area contributed by atoms with E-state index in [4.69, 9.17) is 4.74 Å². The largest absolute Gasteiger partial charge is 0.493 e. The average molecular weight is 295 g/mol. The van der Waals surface area contributed by atoms with Crippen LogP contribution < -0.4 is 10.1 Å². The van der Waals surface area contributed by atoms with Crippen LogP contribution in [0.3, 0.4) is 0 Å². The van der Waals surface area contributed by atoms with Gasteiger partial charge in [-0.3, -0.25) is 4.68 Å². The highest BCUT2D eigenvalue weighted by atomic mass is 19.2. The van der Waals surface area contributed by atoms with Crippen LogP contribution in [-0.4, -0.2) is 23.4 Å². The predicted octanol–water partition coefficient (Wildman–Crippen LogP) is 2.60. The topological polar surface area (TPSA) is 39.1 Å². The highest BCUT2D eigenvalue weighted by Gasteiger charge is 2.22. The molecule has 114 valence electrons. The Kier molecular flexibility index (Phi) is 4.90. The Morgan fingerprint density at radius 2 is 2.14 bits per heavy atom. The van der Waals surface area contributed by atoms with Crippen molar-refractivity contribution >= 4 is 0 Å². The molecule has 6 heteroatoms. The third-order valence-corrected chi connectivity index (χ3v) is 3.41. The van der Waals surface area contributed by atoms with Gasteiger partial charge in [-0.2, -0.15) is 5.10 Å². The van der Waals surface area contributed by atoms with Gasteiger partial charge < -0.3 is 10.1 Å². The number of nitrogens with zero attached hydrogens (tertiary/aromatic N) is 2. The van der Waals surface area contributed by atoms with E-state index in [0.29, 0.717) is 24.3 Å². The molecule has 0 bridgehead atoms. The first-order chi connectivity index (χ1) is 10.1. The smallest absolute Gasteiger partial charge is 0.162 e. The standard InChI is InChI=1S/C15H19F2N3O/c1-4-18-12(15-13(21-3)9-19-20(15)2)8-10-6-5-7-11(16)14(10)17/h5-7,9,12,18H,4,8H2,1-3H3. The lowest BCUT2D eigenvalue weighted by Crippen LogP contribution is -2.26. The summed E-state index contributed by atoms with van der Waals surface area (Å²) in [7, 11) is 3.36. The molecule has 0 amide bonds. The molecule has 2 aromatic rings. The van der Waals surface area contributed by atoms with E-state index in [9.17, 15) is 8.78 Å². The summed E-state index contributed by atoms with van der Waals surface area (Å²) < 4.78 is 34.2. The van der Waals surface area contributed by atoms with Crippen LogP contribution in [0.15, 0.2) is 24.4 Å². The van der Waals surface area contributed by atoms with Crippen molar-refractivity contribution in [1.82, 2.24) is 15.1 Å². The Morgan fingerprint density at radius 3 is 2.81 bits per heavy atom. The second-order valence-corrected chi connectivity index (χ2v) is 4.75. The van der Waals surface area contributed by atoms with E-state index in [1.165, 1.54) is 6.07 Å². The number of hydrogen-bond donors (Lipinski definition) is 1. The third-order valence-electron chi connectivity index (χ3n) is 3.41. The Bertz CT molecular complexity index is 613. The number of nitrogens with one attached hydrogen (secondary N) is 1. The molecule has 1 aromatic heterocycles. The number of benzene rings is 1. The zero-order valence-electron chi connectivity index (χ0n) is 12.4. The van der Waals surface area contributed by atoms with Crippen molar-refractivity contribution in [2.75, 3.05) is 13.7 Å². The van der Waals surface area contributed by atoms with Gasteiger partial charge in [-0.1, -0.05) is 19.1 Å². The number of aryl methyl sites for hydroxylation is 1. The van der Waals surface area contributed by atoms with E-state index < -0.39 is 11.6 Å².